The first-order valence-corrected chi connectivity index (χ1v) is 11.3. The molecule has 2 unspecified atom stereocenters. The van der Waals surface area contributed by atoms with Crippen LogP contribution in [0.1, 0.15) is 74.7 Å². The molecule has 0 aromatic heterocycles. The first-order valence-electron chi connectivity index (χ1n) is 11.3. The van der Waals surface area contributed by atoms with Gasteiger partial charge in [-0.15, -0.1) is 0 Å². The number of carbonyl (C=O) groups excluding carboxylic acids is 2. The smallest absolute Gasteiger partial charge is 0.349 e. The highest BCUT2D eigenvalue weighted by Gasteiger charge is 2.24. The number of aliphatic carboxylic acids is 2. The summed E-state index contributed by atoms with van der Waals surface area (Å²) >= 11 is 0. The Hall–Kier alpha value is -3.68. The molecule has 2 rings (SSSR count). The van der Waals surface area contributed by atoms with Crippen molar-refractivity contribution in [1.29, 1.82) is 0 Å². The van der Waals surface area contributed by atoms with Gasteiger partial charge in [0.1, 0.15) is 0 Å². The molecular weight excluding hydrogens is 440 g/mol. The Labute approximate surface area is 198 Å². The molecule has 0 bridgehead atoms. The van der Waals surface area contributed by atoms with Gasteiger partial charge in [0.25, 0.3) is 0 Å². The normalized spacial score (nSPS) is 12.4. The predicted molar refractivity (Wildman–Crippen MR) is 123 cm³/mol. The number of carboxylic acids is 2. The first kappa shape index (κ1) is 26.6. The second kappa shape index (κ2) is 14.5. The Balaban J connectivity index is 1.57. The van der Waals surface area contributed by atoms with Crippen molar-refractivity contribution in [3.63, 3.8) is 0 Å². The third-order valence-corrected chi connectivity index (χ3v) is 5.16. The lowest BCUT2D eigenvalue weighted by molar-refractivity contribution is -0.164. The van der Waals surface area contributed by atoms with Crippen LogP contribution in [0, 0.1) is 0 Å². The summed E-state index contributed by atoms with van der Waals surface area (Å²) in [6, 6.07) is 16.7. The highest BCUT2D eigenvalue weighted by atomic mass is 16.6. The molecule has 0 amide bonds. The summed E-state index contributed by atoms with van der Waals surface area (Å²) in [7, 11) is 0. The Morgan fingerprint density at radius 2 is 0.882 bits per heavy atom. The van der Waals surface area contributed by atoms with Crippen LogP contribution in [-0.4, -0.2) is 34.1 Å². The van der Waals surface area contributed by atoms with Crippen molar-refractivity contribution in [2.45, 2.75) is 63.6 Å². The van der Waals surface area contributed by atoms with Crippen molar-refractivity contribution in [3.8, 4) is 0 Å². The van der Waals surface area contributed by atoms with E-state index in [0.29, 0.717) is 24.0 Å². The minimum absolute atomic E-state index is 0.138. The Bertz CT molecular complexity index is 849. The summed E-state index contributed by atoms with van der Waals surface area (Å²) in [5.41, 5.74) is 0.834. The zero-order chi connectivity index (χ0) is 24.8. The zero-order valence-corrected chi connectivity index (χ0v) is 18.9. The van der Waals surface area contributed by atoms with Crippen LogP contribution < -0.4 is 0 Å². The summed E-state index contributed by atoms with van der Waals surface area (Å²) < 4.78 is 10.2. The fraction of sp³-hybridized carbons (Fsp3) is 0.385. The summed E-state index contributed by atoms with van der Waals surface area (Å²) in [4.78, 5) is 46.8. The van der Waals surface area contributed by atoms with E-state index in [-0.39, 0.29) is 12.8 Å². The molecule has 0 saturated heterocycles. The SMILES string of the molecule is O=C(CCCCCCCCC(=O)OC(C(=O)O)c1ccccc1)OC(C(=O)O)c1ccccc1. The monoisotopic (exact) mass is 470 g/mol. The van der Waals surface area contributed by atoms with Gasteiger partial charge in [-0.2, -0.15) is 0 Å². The zero-order valence-electron chi connectivity index (χ0n) is 18.9. The van der Waals surface area contributed by atoms with E-state index in [2.05, 4.69) is 0 Å². The molecule has 0 saturated carbocycles. The second-order valence-electron chi connectivity index (χ2n) is 7.86. The quantitative estimate of drug-likeness (QED) is 0.279. The highest BCUT2D eigenvalue weighted by Crippen LogP contribution is 2.20. The fourth-order valence-corrected chi connectivity index (χ4v) is 3.40. The number of hydrogen-bond donors (Lipinski definition) is 2. The summed E-state index contributed by atoms with van der Waals surface area (Å²) in [5.74, 6) is -3.52. The summed E-state index contributed by atoms with van der Waals surface area (Å²) in [6.07, 6.45) is 2.08. The molecule has 0 spiro atoms. The van der Waals surface area contributed by atoms with Gasteiger partial charge in [-0.1, -0.05) is 86.3 Å². The molecule has 0 aliphatic carbocycles. The molecule has 8 heteroatoms. The van der Waals surface area contributed by atoms with Gasteiger partial charge in [-0.3, -0.25) is 9.59 Å². The Morgan fingerprint density at radius 3 is 1.21 bits per heavy atom. The van der Waals surface area contributed by atoms with Crippen molar-refractivity contribution in [3.05, 3.63) is 71.8 Å². The van der Waals surface area contributed by atoms with Crippen LogP contribution in [0.5, 0.6) is 0 Å². The molecule has 34 heavy (non-hydrogen) atoms. The topological polar surface area (TPSA) is 127 Å². The average molecular weight is 471 g/mol. The van der Waals surface area contributed by atoms with E-state index in [4.69, 9.17) is 9.47 Å². The maximum absolute atomic E-state index is 12.0. The molecular formula is C26H30O8. The minimum Gasteiger partial charge on any atom is -0.478 e. The standard InChI is InChI=1S/C26H30O8/c27-21(33-23(25(29)30)19-13-7-5-8-14-19)17-11-3-1-2-4-12-18-22(28)34-24(26(31)32)20-15-9-6-10-16-20/h5-10,13-16,23-24H,1-4,11-12,17-18H2,(H,29,30)(H,31,32). The number of carbonyl (C=O) groups is 4. The van der Waals surface area contributed by atoms with Crippen molar-refractivity contribution in [1.82, 2.24) is 0 Å². The number of benzene rings is 2. The second-order valence-corrected chi connectivity index (χ2v) is 7.86. The molecule has 0 aliphatic rings. The van der Waals surface area contributed by atoms with Gasteiger partial charge in [0.05, 0.1) is 0 Å². The molecule has 182 valence electrons. The van der Waals surface area contributed by atoms with Gasteiger partial charge < -0.3 is 19.7 Å². The van der Waals surface area contributed by atoms with Crippen molar-refractivity contribution in [2.24, 2.45) is 0 Å². The molecule has 0 fully saturated rings. The van der Waals surface area contributed by atoms with Crippen LogP contribution in [0.2, 0.25) is 0 Å². The maximum atomic E-state index is 12.0. The Kier molecular flexibility index (Phi) is 11.3. The molecule has 2 atom stereocenters. The molecule has 2 aromatic carbocycles. The van der Waals surface area contributed by atoms with Crippen LogP contribution in [0.4, 0.5) is 0 Å². The van der Waals surface area contributed by atoms with Crippen molar-refractivity contribution < 1.29 is 38.9 Å². The third-order valence-electron chi connectivity index (χ3n) is 5.16. The molecule has 0 radical (unpaired) electrons. The lowest BCUT2D eigenvalue weighted by Gasteiger charge is -2.14. The van der Waals surface area contributed by atoms with Gasteiger partial charge >= 0.3 is 23.9 Å². The number of rotatable bonds is 15. The summed E-state index contributed by atoms with van der Waals surface area (Å²) in [6.45, 7) is 0. The number of unbranched alkanes of at least 4 members (excludes halogenated alkanes) is 5. The number of ether oxygens (including phenoxy) is 2. The van der Waals surface area contributed by atoms with Crippen LogP contribution in [0.25, 0.3) is 0 Å². The molecule has 0 heterocycles. The van der Waals surface area contributed by atoms with E-state index in [0.717, 1.165) is 25.7 Å². The number of hydrogen-bond acceptors (Lipinski definition) is 6. The van der Waals surface area contributed by atoms with Crippen molar-refractivity contribution in [2.75, 3.05) is 0 Å². The predicted octanol–water partition coefficient (Wildman–Crippen LogP) is 4.85. The Morgan fingerprint density at radius 1 is 0.559 bits per heavy atom. The largest absolute Gasteiger partial charge is 0.478 e. The lowest BCUT2D eigenvalue weighted by Crippen LogP contribution is -2.19. The van der Waals surface area contributed by atoms with Crippen molar-refractivity contribution >= 4 is 23.9 Å². The van der Waals surface area contributed by atoms with E-state index in [1.165, 1.54) is 0 Å². The van der Waals surface area contributed by atoms with E-state index >= 15 is 0 Å². The van der Waals surface area contributed by atoms with Gasteiger partial charge in [0.15, 0.2) is 0 Å². The van der Waals surface area contributed by atoms with Crippen LogP contribution >= 0.6 is 0 Å². The van der Waals surface area contributed by atoms with Gasteiger partial charge in [0, 0.05) is 24.0 Å². The van der Waals surface area contributed by atoms with E-state index < -0.39 is 36.1 Å². The minimum atomic E-state index is -1.31. The maximum Gasteiger partial charge on any atom is 0.349 e. The van der Waals surface area contributed by atoms with Crippen LogP contribution in [0.3, 0.4) is 0 Å². The van der Waals surface area contributed by atoms with Gasteiger partial charge in [-0.05, 0) is 12.8 Å². The van der Waals surface area contributed by atoms with Gasteiger partial charge in [-0.25, -0.2) is 9.59 Å². The number of carboxylic acid groups (broad SMARTS) is 2. The third kappa shape index (κ3) is 9.44. The van der Waals surface area contributed by atoms with Crippen LogP contribution in [-0.2, 0) is 28.7 Å². The van der Waals surface area contributed by atoms with E-state index in [1.807, 2.05) is 0 Å². The number of esters is 2. The molecule has 8 nitrogen and oxygen atoms in total. The molecule has 2 N–H and O–H groups in total. The molecule has 0 aliphatic heterocycles. The lowest BCUT2D eigenvalue weighted by atomic mass is 10.1. The fourth-order valence-electron chi connectivity index (χ4n) is 3.40. The van der Waals surface area contributed by atoms with Crippen LogP contribution in [0.15, 0.2) is 60.7 Å². The molecule has 2 aromatic rings. The van der Waals surface area contributed by atoms with E-state index in [9.17, 15) is 29.4 Å². The first-order chi connectivity index (χ1) is 16.4. The van der Waals surface area contributed by atoms with E-state index in [1.54, 1.807) is 60.7 Å². The average Bonchev–Trinajstić information content (AvgIpc) is 2.83. The summed E-state index contributed by atoms with van der Waals surface area (Å²) in [5, 5.41) is 18.6. The van der Waals surface area contributed by atoms with Gasteiger partial charge in [0.2, 0.25) is 12.2 Å². The highest BCUT2D eigenvalue weighted by molar-refractivity contribution is 5.80.